The fourth-order valence-electron chi connectivity index (χ4n) is 1.23. The Kier molecular flexibility index (Phi) is 3.56. The molecule has 2 rings (SSSR count). The number of aromatic nitrogens is 4. The van der Waals surface area contributed by atoms with Gasteiger partial charge in [-0.25, -0.2) is 15.0 Å². The zero-order valence-electron chi connectivity index (χ0n) is 9.15. The SMILES string of the molecule is CC.CCn1cnc2c(C)ncnc21. The summed E-state index contributed by atoms with van der Waals surface area (Å²) in [4.78, 5) is 12.5. The van der Waals surface area contributed by atoms with E-state index in [1.165, 1.54) is 0 Å². The number of aryl methyl sites for hydroxylation is 2. The standard InChI is InChI=1S/C8H10N4.C2H6/c1-3-12-5-11-7-6(2)9-4-10-8(7)12;1-2/h4-5H,3H2,1-2H3;1-2H3. The van der Waals surface area contributed by atoms with Crippen molar-refractivity contribution in [1.29, 1.82) is 0 Å². The minimum atomic E-state index is 0.896. The number of rotatable bonds is 1. The van der Waals surface area contributed by atoms with E-state index in [-0.39, 0.29) is 0 Å². The van der Waals surface area contributed by atoms with Crippen LogP contribution in [0.2, 0.25) is 0 Å². The van der Waals surface area contributed by atoms with E-state index in [0.29, 0.717) is 0 Å². The van der Waals surface area contributed by atoms with Gasteiger partial charge in [-0.15, -0.1) is 0 Å². The maximum atomic E-state index is 4.23. The zero-order valence-corrected chi connectivity index (χ0v) is 9.15. The molecular weight excluding hydrogens is 176 g/mol. The number of nitrogens with zero attached hydrogens (tertiary/aromatic N) is 4. The number of imidazole rings is 1. The fourth-order valence-corrected chi connectivity index (χ4v) is 1.23. The van der Waals surface area contributed by atoms with Crippen molar-refractivity contribution in [1.82, 2.24) is 19.5 Å². The molecule has 4 nitrogen and oxygen atoms in total. The van der Waals surface area contributed by atoms with Crippen molar-refractivity contribution in [2.45, 2.75) is 34.2 Å². The first kappa shape index (κ1) is 10.6. The van der Waals surface area contributed by atoms with Crippen LogP contribution in [0, 0.1) is 6.92 Å². The molecule has 2 aromatic heterocycles. The molecule has 0 unspecified atom stereocenters. The smallest absolute Gasteiger partial charge is 0.163 e. The van der Waals surface area contributed by atoms with Gasteiger partial charge in [0.05, 0.1) is 12.0 Å². The van der Waals surface area contributed by atoms with Gasteiger partial charge in [-0.2, -0.15) is 0 Å². The summed E-state index contributed by atoms with van der Waals surface area (Å²) in [7, 11) is 0. The van der Waals surface area contributed by atoms with Gasteiger partial charge >= 0.3 is 0 Å². The van der Waals surface area contributed by atoms with Crippen molar-refractivity contribution >= 4 is 11.2 Å². The van der Waals surface area contributed by atoms with Crippen LogP contribution in [0.25, 0.3) is 11.2 Å². The van der Waals surface area contributed by atoms with Gasteiger partial charge in [0.2, 0.25) is 0 Å². The van der Waals surface area contributed by atoms with Crippen LogP contribution in [0.4, 0.5) is 0 Å². The van der Waals surface area contributed by atoms with Crippen molar-refractivity contribution in [3.05, 3.63) is 18.3 Å². The third-order valence-electron chi connectivity index (χ3n) is 1.92. The van der Waals surface area contributed by atoms with Crippen LogP contribution in [-0.2, 0) is 6.54 Å². The van der Waals surface area contributed by atoms with Gasteiger partial charge in [-0.05, 0) is 13.8 Å². The van der Waals surface area contributed by atoms with Crippen LogP contribution in [0.1, 0.15) is 26.5 Å². The molecule has 0 bridgehead atoms. The number of hydrogen-bond acceptors (Lipinski definition) is 3. The molecule has 2 aromatic rings. The second kappa shape index (κ2) is 4.69. The first-order valence-corrected chi connectivity index (χ1v) is 4.95. The summed E-state index contributed by atoms with van der Waals surface area (Å²) in [6.07, 6.45) is 3.37. The average molecular weight is 192 g/mol. The third-order valence-corrected chi connectivity index (χ3v) is 1.92. The van der Waals surface area contributed by atoms with Crippen LogP contribution in [-0.4, -0.2) is 19.5 Å². The maximum absolute atomic E-state index is 4.23. The number of fused-ring (bicyclic) bond motifs is 1. The van der Waals surface area contributed by atoms with Gasteiger partial charge < -0.3 is 4.57 Å². The Morgan fingerprint density at radius 2 is 1.93 bits per heavy atom. The number of hydrogen-bond donors (Lipinski definition) is 0. The minimum absolute atomic E-state index is 0.896. The summed E-state index contributed by atoms with van der Waals surface area (Å²) in [5.74, 6) is 0. The Labute approximate surface area is 84.0 Å². The second-order valence-electron chi connectivity index (χ2n) is 2.66. The van der Waals surface area contributed by atoms with Gasteiger partial charge in [0, 0.05) is 6.54 Å². The van der Waals surface area contributed by atoms with E-state index in [9.17, 15) is 0 Å². The molecule has 0 fully saturated rings. The maximum Gasteiger partial charge on any atom is 0.163 e. The molecule has 0 aliphatic rings. The lowest BCUT2D eigenvalue weighted by Gasteiger charge is -1.96. The molecule has 76 valence electrons. The van der Waals surface area contributed by atoms with Gasteiger partial charge in [0.15, 0.2) is 5.65 Å². The lowest BCUT2D eigenvalue weighted by Crippen LogP contribution is -1.94. The molecule has 0 N–H and O–H groups in total. The zero-order chi connectivity index (χ0) is 10.6. The molecule has 0 aromatic carbocycles. The first-order valence-electron chi connectivity index (χ1n) is 4.95. The lowest BCUT2D eigenvalue weighted by molar-refractivity contribution is 0.777. The van der Waals surface area contributed by atoms with Crippen molar-refractivity contribution in [3.63, 3.8) is 0 Å². The van der Waals surface area contributed by atoms with E-state index in [1.54, 1.807) is 12.7 Å². The largest absolute Gasteiger partial charge is 0.315 e. The lowest BCUT2D eigenvalue weighted by atomic mass is 10.4. The van der Waals surface area contributed by atoms with E-state index < -0.39 is 0 Å². The van der Waals surface area contributed by atoms with E-state index >= 15 is 0 Å². The third kappa shape index (κ3) is 1.73. The van der Waals surface area contributed by atoms with Crippen LogP contribution in [0.15, 0.2) is 12.7 Å². The summed E-state index contributed by atoms with van der Waals surface area (Å²) >= 11 is 0. The molecule has 0 radical (unpaired) electrons. The average Bonchev–Trinajstić information content (AvgIpc) is 2.65. The molecule has 0 aliphatic carbocycles. The molecule has 4 heteroatoms. The monoisotopic (exact) mass is 192 g/mol. The molecule has 0 aliphatic heterocycles. The summed E-state index contributed by atoms with van der Waals surface area (Å²) in [6.45, 7) is 8.91. The van der Waals surface area contributed by atoms with Crippen LogP contribution >= 0.6 is 0 Å². The van der Waals surface area contributed by atoms with Crippen LogP contribution in [0.5, 0.6) is 0 Å². The normalized spacial score (nSPS) is 9.71. The molecule has 0 atom stereocenters. The Bertz CT molecular complexity index is 405. The van der Waals surface area contributed by atoms with Crippen molar-refractivity contribution in [2.75, 3.05) is 0 Å². The molecule has 0 saturated heterocycles. The topological polar surface area (TPSA) is 43.6 Å². The van der Waals surface area contributed by atoms with Crippen molar-refractivity contribution < 1.29 is 0 Å². The van der Waals surface area contributed by atoms with Crippen molar-refractivity contribution in [2.24, 2.45) is 0 Å². The van der Waals surface area contributed by atoms with Gasteiger partial charge in [0.25, 0.3) is 0 Å². The van der Waals surface area contributed by atoms with Crippen molar-refractivity contribution in [3.8, 4) is 0 Å². The molecule has 0 spiro atoms. The Balaban J connectivity index is 0.000000461. The highest BCUT2D eigenvalue weighted by atomic mass is 15.1. The van der Waals surface area contributed by atoms with Gasteiger partial charge in [-0.3, -0.25) is 0 Å². The van der Waals surface area contributed by atoms with E-state index in [4.69, 9.17) is 0 Å². The quantitative estimate of drug-likeness (QED) is 0.695. The Hall–Kier alpha value is -1.45. The minimum Gasteiger partial charge on any atom is -0.315 e. The highest BCUT2D eigenvalue weighted by Crippen LogP contribution is 2.10. The van der Waals surface area contributed by atoms with Gasteiger partial charge in [-0.1, -0.05) is 13.8 Å². The molecule has 14 heavy (non-hydrogen) atoms. The van der Waals surface area contributed by atoms with Gasteiger partial charge in [0.1, 0.15) is 11.8 Å². The predicted octanol–water partition coefficient (Wildman–Crippen LogP) is 2.18. The molecular formula is C10H16N4. The summed E-state index contributed by atoms with van der Waals surface area (Å²) in [5, 5.41) is 0. The highest BCUT2D eigenvalue weighted by Gasteiger charge is 2.04. The van der Waals surface area contributed by atoms with E-state index in [0.717, 1.165) is 23.4 Å². The summed E-state index contributed by atoms with van der Waals surface area (Å²) in [5.41, 5.74) is 2.76. The first-order chi connectivity index (χ1) is 6.83. The summed E-state index contributed by atoms with van der Waals surface area (Å²) < 4.78 is 2.00. The van der Waals surface area contributed by atoms with E-state index in [2.05, 4.69) is 21.9 Å². The van der Waals surface area contributed by atoms with Crippen LogP contribution in [0.3, 0.4) is 0 Å². The second-order valence-corrected chi connectivity index (χ2v) is 2.66. The molecule has 0 saturated carbocycles. The Morgan fingerprint density at radius 1 is 1.21 bits per heavy atom. The van der Waals surface area contributed by atoms with E-state index in [1.807, 2.05) is 25.3 Å². The van der Waals surface area contributed by atoms with Crippen LogP contribution < -0.4 is 0 Å². The molecule has 0 amide bonds. The predicted molar refractivity (Wildman–Crippen MR) is 57.1 cm³/mol. The summed E-state index contributed by atoms with van der Waals surface area (Å²) in [6, 6.07) is 0. The Morgan fingerprint density at radius 3 is 2.57 bits per heavy atom. The highest BCUT2D eigenvalue weighted by molar-refractivity contribution is 5.72. The fraction of sp³-hybridized carbons (Fsp3) is 0.500. The molecule has 2 heterocycles.